The SMILES string of the molecule is CNC(=O)C1CCCN1CC(C)C(=O)O. The van der Waals surface area contributed by atoms with E-state index in [-0.39, 0.29) is 11.9 Å². The van der Waals surface area contributed by atoms with E-state index in [1.165, 1.54) is 0 Å². The van der Waals surface area contributed by atoms with Crippen LogP contribution in [0.1, 0.15) is 19.8 Å². The first kappa shape index (κ1) is 12.0. The van der Waals surface area contributed by atoms with E-state index in [1.54, 1.807) is 14.0 Å². The third kappa shape index (κ3) is 2.92. The third-order valence-corrected chi connectivity index (χ3v) is 2.84. The number of likely N-dealkylation sites (tertiary alicyclic amines) is 1. The molecular weight excluding hydrogens is 196 g/mol. The van der Waals surface area contributed by atoms with Gasteiger partial charge < -0.3 is 10.4 Å². The van der Waals surface area contributed by atoms with E-state index >= 15 is 0 Å². The van der Waals surface area contributed by atoms with Gasteiger partial charge in [0, 0.05) is 13.6 Å². The first-order valence-corrected chi connectivity index (χ1v) is 5.24. The fourth-order valence-electron chi connectivity index (χ4n) is 1.94. The lowest BCUT2D eigenvalue weighted by molar-refractivity contribution is -0.142. The van der Waals surface area contributed by atoms with Crippen molar-refractivity contribution in [1.82, 2.24) is 10.2 Å². The minimum atomic E-state index is -0.808. The fourth-order valence-corrected chi connectivity index (χ4v) is 1.94. The summed E-state index contributed by atoms with van der Waals surface area (Å²) in [6, 6.07) is -0.142. The van der Waals surface area contributed by atoms with E-state index in [0.717, 1.165) is 19.4 Å². The van der Waals surface area contributed by atoms with Crippen molar-refractivity contribution < 1.29 is 14.7 Å². The van der Waals surface area contributed by atoms with Crippen LogP contribution in [-0.2, 0) is 9.59 Å². The van der Waals surface area contributed by atoms with Gasteiger partial charge in [-0.1, -0.05) is 6.92 Å². The molecular formula is C10H18N2O3. The highest BCUT2D eigenvalue weighted by molar-refractivity contribution is 5.81. The lowest BCUT2D eigenvalue weighted by atomic mass is 10.1. The monoisotopic (exact) mass is 214 g/mol. The number of carboxylic acid groups (broad SMARTS) is 1. The second-order valence-corrected chi connectivity index (χ2v) is 4.01. The molecule has 1 aliphatic rings. The molecule has 0 aromatic carbocycles. The average Bonchev–Trinajstić information content (AvgIpc) is 2.64. The van der Waals surface area contributed by atoms with Crippen LogP contribution < -0.4 is 5.32 Å². The van der Waals surface area contributed by atoms with Crippen molar-refractivity contribution in [3.05, 3.63) is 0 Å². The maximum atomic E-state index is 11.5. The zero-order chi connectivity index (χ0) is 11.4. The summed E-state index contributed by atoms with van der Waals surface area (Å²) in [5.74, 6) is -1.24. The minimum Gasteiger partial charge on any atom is -0.481 e. The van der Waals surface area contributed by atoms with E-state index in [9.17, 15) is 9.59 Å². The van der Waals surface area contributed by atoms with Crippen molar-refractivity contribution >= 4 is 11.9 Å². The zero-order valence-electron chi connectivity index (χ0n) is 9.19. The highest BCUT2D eigenvalue weighted by atomic mass is 16.4. The highest BCUT2D eigenvalue weighted by Gasteiger charge is 2.31. The van der Waals surface area contributed by atoms with Crippen molar-refractivity contribution in [3.8, 4) is 0 Å². The average molecular weight is 214 g/mol. The van der Waals surface area contributed by atoms with Gasteiger partial charge >= 0.3 is 5.97 Å². The quantitative estimate of drug-likeness (QED) is 0.686. The van der Waals surface area contributed by atoms with Gasteiger partial charge in [-0.3, -0.25) is 14.5 Å². The normalized spacial score (nSPS) is 23.7. The molecule has 1 rings (SSSR count). The smallest absolute Gasteiger partial charge is 0.307 e. The van der Waals surface area contributed by atoms with Crippen LogP contribution in [0.15, 0.2) is 0 Å². The van der Waals surface area contributed by atoms with Gasteiger partial charge in [-0.25, -0.2) is 0 Å². The summed E-state index contributed by atoms with van der Waals surface area (Å²) in [5.41, 5.74) is 0. The Morgan fingerprint density at radius 3 is 2.80 bits per heavy atom. The lowest BCUT2D eigenvalue weighted by Gasteiger charge is -2.24. The molecule has 0 bridgehead atoms. The molecule has 5 heteroatoms. The molecule has 1 fully saturated rings. The van der Waals surface area contributed by atoms with Crippen molar-refractivity contribution in [2.24, 2.45) is 5.92 Å². The van der Waals surface area contributed by atoms with Gasteiger partial charge in [-0.15, -0.1) is 0 Å². The van der Waals surface area contributed by atoms with Crippen LogP contribution in [0.2, 0.25) is 0 Å². The Labute approximate surface area is 89.4 Å². The summed E-state index contributed by atoms with van der Waals surface area (Å²) >= 11 is 0. The summed E-state index contributed by atoms with van der Waals surface area (Å²) in [5, 5.41) is 11.4. The van der Waals surface area contributed by atoms with Gasteiger partial charge in [-0.2, -0.15) is 0 Å². The van der Waals surface area contributed by atoms with E-state index < -0.39 is 11.9 Å². The van der Waals surface area contributed by atoms with Crippen molar-refractivity contribution in [3.63, 3.8) is 0 Å². The van der Waals surface area contributed by atoms with Crippen molar-refractivity contribution in [2.75, 3.05) is 20.1 Å². The molecule has 1 saturated heterocycles. The minimum absolute atomic E-state index is 0.00918. The maximum absolute atomic E-state index is 11.5. The predicted molar refractivity (Wildman–Crippen MR) is 55.5 cm³/mol. The number of likely N-dealkylation sites (N-methyl/N-ethyl adjacent to an activating group) is 1. The first-order valence-electron chi connectivity index (χ1n) is 5.24. The van der Waals surface area contributed by atoms with Gasteiger partial charge in [0.25, 0.3) is 0 Å². The van der Waals surface area contributed by atoms with Crippen LogP contribution in [-0.4, -0.2) is 48.1 Å². The van der Waals surface area contributed by atoms with Crippen molar-refractivity contribution in [2.45, 2.75) is 25.8 Å². The van der Waals surface area contributed by atoms with Gasteiger partial charge in [-0.05, 0) is 19.4 Å². The van der Waals surface area contributed by atoms with Crippen LogP contribution in [0.4, 0.5) is 0 Å². The standard InChI is InChI=1S/C10H18N2O3/c1-7(10(14)15)6-12-5-3-4-8(12)9(13)11-2/h7-8H,3-6H2,1-2H3,(H,11,13)(H,14,15). The zero-order valence-corrected chi connectivity index (χ0v) is 9.19. The molecule has 2 unspecified atom stereocenters. The van der Waals surface area contributed by atoms with Crippen LogP contribution in [0.3, 0.4) is 0 Å². The topological polar surface area (TPSA) is 69.6 Å². The van der Waals surface area contributed by atoms with Gasteiger partial charge in [0.1, 0.15) is 0 Å². The molecule has 1 heterocycles. The number of hydrogen-bond acceptors (Lipinski definition) is 3. The predicted octanol–water partition coefficient (Wildman–Crippen LogP) is -0.0825. The van der Waals surface area contributed by atoms with Crippen LogP contribution in [0.5, 0.6) is 0 Å². The number of carbonyl (C=O) groups is 2. The Morgan fingerprint density at radius 1 is 1.60 bits per heavy atom. The Kier molecular flexibility index (Phi) is 4.08. The molecule has 0 aromatic heterocycles. The molecule has 0 aromatic rings. The summed E-state index contributed by atoms with van der Waals surface area (Å²) in [4.78, 5) is 24.1. The number of rotatable bonds is 4. The molecule has 1 amide bonds. The molecule has 0 saturated carbocycles. The second kappa shape index (κ2) is 5.11. The van der Waals surface area contributed by atoms with E-state index in [2.05, 4.69) is 5.32 Å². The fraction of sp³-hybridized carbons (Fsp3) is 0.800. The highest BCUT2D eigenvalue weighted by Crippen LogP contribution is 2.18. The molecule has 86 valence electrons. The molecule has 0 aliphatic carbocycles. The number of aliphatic carboxylic acids is 1. The second-order valence-electron chi connectivity index (χ2n) is 4.01. The lowest BCUT2D eigenvalue weighted by Crippen LogP contribution is -2.44. The number of nitrogens with one attached hydrogen (secondary N) is 1. The Hall–Kier alpha value is -1.10. The number of hydrogen-bond donors (Lipinski definition) is 2. The molecule has 5 nitrogen and oxygen atoms in total. The summed E-state index contributed by atoms with van der Waals surface area (Å²) in [6.07, 6.45) is 1.79. The van der Waals surface area contributed by atoms with E-state index in [0.29, 0.717) is 6.54 Å². The number of amides is 1. The molecule has 0 spiro atoms. The van der Waals surface area contributed by atoms with Crippen molar-refractivity contribution in [1.29, 1.82) is 0 Å². The van der Waals surface area contributed by atoms with Crippen LogP contribution >= 0.6 is 0 Å². The summed E-state index contributed by atoms with van der Waals surface area (Å²) < 4.78 is 0. The summed E-state index contributed by atoms with van der Waals surface area (Å²) in [6.45, 7) is 2.94. The van der Waals surface area contributed by atoms with E-state index in [1.807, 2.05) is 4.90 Å². The molecule has 2 atom stereocenters. The Balaban J connectivity index is 2.53. The number of nitrogens with zero attached hydrogens (tertiary/aromatic N) is 1. The Bertz CT molecular complexity index is 255. The maximum Gasteiger partial charge on any atom is 0.307 e. The first-order chi connectivity index (χ1) is 7.06. The Morgan fingerprint density at radius 2 is 2.27 bits per heavy atom. The van der Waals surface area contributed by atoms with Gasteiger partial charge in [0.05, 0.1) is 12.0 Å². The molecule has 15 heavy (non-hydrogen) atoms. The molecule has 1 aliphatic heterocycles. The summed E-state index contributed by atoms with van der Waals surface area (Å²) in [7, 11) is 1.61. The van der Waals surface area contributed by atoms with Crippen LogP contribution in [0, 0.1) is 5.92 Å². The number of carboxylic acids is 1. The molecule has 2 N–H and O–H groups in total. The molecule has 0 radical (unpaired) electrons. The van der Waals surface area contributed by atoms with Crippen LogP contribution in [0.25, 0.3) is 0 Å². The number of carbonyl (C=O) groups excluding carboxylic acids is 1. The van der Waals surface area contributed by atoms with E-state index in [4.69, 9.17) is 5.11 Å². The third-order valence-electron chi connectivity index (χ3n) is 2.84. The largest absolute Gasteiger partial charge is 0.481 e. The van der Waals surface area contributed by atoms with Gasteiger partial charge in [0.15, 0.2) is 0 Å². The van der Waals surface area contributed by atoms with Gasteiger partial charge in [0.2, 0.25) is 5.91 Å².